The molecule has 0 bridgehead atoms. The first-order chi connectivity index (χ1) is 9.47. The predicted molar refractivity (Wildman–Crippen MR) is 75.6 cm³/mol. The molecule has 1 aliphatic rings. The van der Waals surface area contributed by atoms with Crippen molar-refractivity contribution >= 4 is 27.7 Å². The molecule has 0 spiro atoms. The minimum Gasteiger partial charge on any atom is -0.369 e. The van der Waals surface area contributed by atoms with Crippen LogP contribution in [0.15, 0.2) is 22.7 Å². The molecule has 0 radical (unpaired) electrons. The Balaban J connectivity index is 2.01. The van der Waals surface area contributed by atoms with Gasteiger partial charge in [0, 0.05) is 30.7 Å². The van der Waals surface area contributed by atoms with Gasteiger partial charge in [0.2, 0.25) is 5.91 Å². The highest BCUT2D eigenvalue weighted by Crippen LogP contribution is 2.20. The number of carbonyl (C=O) groups is 2. The Kier molecular flexibility index (Phi) is 4.72. The molecule has 20 heavy (non-hydrogen) atoms. The summed E-state index contributed by atoms with van der Waals surface area (Å²) in [5.41, 5.74) is 5.45. The van der Waals surface area contributed by atoms with Crippen LogP contribution in [0.4, 0.5) is 4.39 Å². The maximum absolute atomic E-state index is 13.2. The first-order valence-electron chi connectivity index (χ1n) is 6.22. The van der Waals surface area contributed by atoms with Gasteiger partial charge >= 0.3 is 0 Å². The van der Waals surface area contributed by atoms with Gasteiger partial charge in [-0.05, 0) is 34.1 Å². The first-order valence-corrected chi connectivity index (χ1v) is 7.01. The molecular weight excluding hydrogens is 329 g/mol. The van der Waals surface area contributed by atoms with Crippen LogP contribution in [0, 0.1) is 5.82 Å². The van der Waals surface area contributed by atoms with Crippen molar-refractivity contribution in [2.45, 2.75) is 0 Å². The van der Waals surface area contributed by atoms with Crippen molar-refractivity contribution in [2.24, 2.45) is 5.73 Å². The van der Waals surface area contributed by atoms with Crippen LogP contribution in [0.1, 0.15) is 10.4 Å². The molecule has 0 saturated carbocycles. The second-order valence-corrected chi connectivity index (χ2v) is 5.51. The van der Waals surface area contributed by atoms with Crippen molar-refractivity contribution in [3.05, 3.63) is 34.1 Å². The quantitative estimate of drug-likeness (QED) is 0.883. The molecule has 108 valence electrons. The maximum Gasteiger partial charge on any atom is 0.255 e. The Morgan fingerprint density at radius 3 is 2.50 bits per heavy atom. The summed E-state index contributed by atoms with van der Waals surface area (Å²) in [5, 5.41) is 0. The lowest BCUT2D eigenvalue weighted by atomic mass is 10.1. The lowest BCUT2D eigenvalue weighted by Crippen LogP contribution is -2.50. The molecule has 1 heterocycles. The molecule has 2 N–H and O–H groups in total. The van der Waals surface area contributed by atoms with E-state index in [0.29, 0.717) is 36.2 Å². The number of nitrogens with zero attached hydrogens (tertiary/aromatic N) is 2. The summed E-state index contributed by atoms with van der Waals surface area (Å²) in [4.78, 5) is 26.7. The summed E-state index contributed by atoms with van der Waals surface area (Å²) in [7, 11) is 0. The number of primary amides is 1. The second-order valence-electron chi connectivity index (χ2n) is 4.66. The predicted octanol–water partition coefficient (Wildman–Crippen LogP) is 0.831. The van der Waals surface area contributed by atoms with Crippen LogP contribution in [0.2, 0.25) is 0 Å². The molecule has 0 aromatic heterocycles. The maximum atomic E-state index is 13.2. The van der Waals surface area contributed by atoms with Gasteiger partial charge in [0.05, 0.1) is 12.1 Å². The van der Waals surface area contributed by atoms with Gasteiger partial charge in [0.1, 0.15) is 5.82 Å². The third kappa shape index (κ3) is 3.55. The van der Waals surface area contributed by atoms with E-state index in [-0.39, 0.29) is 18.4 Å². The monoisotopic (exact) mass is 343 g/mol. The molecule has 1 aliphatic heterocycles. The Bertz CT molecular complexity index is 530. The topological polar surface area (TPSA) is 66.6 Å². The van der Waals surface area contributed by atoms with Gasteiger partial charge in [0.25, 0.3) is 5.91 Å². The number of hydrogen-bond donors (Lipinski definition) is 1. The van der Waals surface area contributed by atoms with Gasteiger partial charge in [0.15, 0.2) is 0 Å². The number of carbonyl (C=O) groups excluding carboxylic acids is 2. The Hall–Kier alpha value is -1.47. The summed E-state index contributed by atoms with van der Waals surface area (Å²) in [5.74, 6) is -1.03. The molecule has 2 amide bonds. The largest absolute Gasteiger partial charge is 0.369 e. The van der Waals surface area contributed by atoms with Crippen LogP contribution in [0.25, 0.3) is 0 Å². The van der Waals surface area contributed by atoms with Gasteiger partial charge in [-0.1, -0.05) is 0 Å². The van der Waals surface area contributed by atoms with E-state index < -0.39 is 5.82 Å². The van der Waals surface area contributed by atoms with E-state index in [0.717, 1.165) is 0 Å². The Labute approximate surface area is 124 Å². The van der Waals surface area contributed by atoms with Crippen molar-refractivity contribution < 1.29 is 14.0 Å². The fourth-order valence-corrected chi connectivity index (χ4v) is 2.58. The SMILES string of the molecule is NC(=O)CN1CCN(C(=O)c2cc(F)ccc2Br)CC1. The molecule has 5 nitrogen and oxygen atoms in total. The van der Waals surface area contributed by atoms with Crippen molar-refractivity contribution in [3.8, 4) is 0 Å². The van der Waals surface area contributed by atoms with Crippen LogP contribution < -0.4 is 5.73 Å². The number of rotatable bonds is 3. The highest BCUT2D eigenvalue weighted by molar-refractivity contribution is 9.10. The molecular formula is C13H15BrFN3O2. The summed E-state index contributed by atoms with van der Waals surface area (Å²) in [6, 6.07) is 4.04. The van der Waals surface area contributed by atoms with Crippen LogP contribution in [0.3, 0.4) is 0 Å². The average Bonchev–Trinajstić information content (AvgIpc) is 2.41. The minimum atomic E-state index is -0.441. The highest BCUT2D eigenvalue weighted by Gasteiger charge is 2.24. The van der Waals surface area contributed by atoms with E-state index in [1.54, 1.807) is 4.90 Å². The van der Waals surface area contributed by atoms with E-state index in [4.69, 9.17) is 5.73 Å². The normalized spacial score (nSPS) is 16.2. The second kappa shape index (κ2) is 6.32. The molecule has 0 unspecified atom stereocenters. The third-order valence-electron chi connectivity index (χ3n) is 3.20. The van der Waals surface area contributed by atoms with Crippen molar-refractivity contribution in [2.75, 3.05) is 32.7 Å². The fraction of sp³-hybridized carbons (Fsp3) is 0.385. The van der Waals surface area contributed by atoms with Gasteiger partial charge in [-0.2, -0.15) is 0 Å². The van der Waals surface area contributed by atoms with Gasteiger partial charge in [-0.15, -0.1) is 0 Å². The molecule has 7 heteroatoms. The van der Waals surface area contributed by atoms with Crippen molar-refractivity contribution in [1.82, 2.24) is 9.80 Å². The summed E-state index contributed by atoms with van der Waals surface area (Å²) in [6.07, 6.45) is 0. The molecule has 1 fully saturated rings. The van der Waals surface area contributed by atoms with Crippen LogP contribution in [-0.2, 0) is 4.79 Å². The van der Waals surface area contributed by atoms with E-state index in [2.05, 4.69) is 15.9 Å². The van der Waals surface area contributed by atoms with E-state index in [9.17, 15) is 14.0 Å². The zero-order chi connectivity index (χ0) is 14.7. The zero-order valence-electron chi connectivity index (χ0n) is 10.8. The van der Waals surface area contributed by atoms with Crippen LogP contribution >= 0.6 is 15.9 Å². The van der Waals surface area contributed by atoms with Crippen LogP contribution in [0.5, 0.6) is 0 Å². The van der Waals surface area contributed by atoms with E-state index >= 15 is 0 Å². The number of nitrogens with two attached hydrogens (primary N) is 1. The number of piperazine rings is 1. The van der Waals surface area contributed by atoms with Gasteiger partial charge in [-0.3, -0.25) is 14.5 Å². The Morgan fingerprint density at radius 1 is 1.25 bits per heavy atom. The van der Waals surface area contributed by atoms with E-state index in [1.807, 2.05) is 4.90 Å². The highest BCUT2D eigenvalue weighted by atomic mass is 79.9. The number of benzene rings is 1. The molecule has 0 atom stereocenters. The summed E-state index contributed by atoms with van der Waals surface area (Å²) in [6.45, 7) is 2.36. The fourth-order valence-electron chi connectivity index (χ4n) is 2.16. The summed E-state index contributed by atoms with van der Waals surface area (Å²) < 4.78 is 13.8. The smallest absolute Gasteiger partial charge is 0.255 e. The molecule has 1 saturated heterocycles. The summed E-state index contributed by atoms with van der Waals surface area (Å²) >= 11 is 3.26. The molecule has 0 aliphatic carbocycles. The lowest BCUT2D eigenvalue weighted by molar-refractivity contribution is -0.119. The first kappa shape index (κ1) is 14.9. The van der Waals surface area contributed by atoms with Gasteiger partial charge < -0.3 is 10.6 Å². The number of amides is 2. The van der Waals surface area contributed by atoms with Crippen molar-refractivity contribution in [3.63, 3.8) is 0 Å². The zero-order valence-corrected chi connectivity index (χ0v) is 12.4. The van der Waals surface area contributed by atoms with Crippen molar-refractivity contribution in [1.29, 1.82) is 0 Å². The average molecular weight is 344 g/mol. The molecule has 2 rings (SSSR count). The number of halogens is 2. The van der Waals surface area contributed by atoms with Gasteiger partial charge in [-0.25, -0.2) is 4.39 Å². The molecule has 1 aromatic carbocycles. The standard InChI is InChI=1S/C13H15BrFN3O2/c14-11-2-1-9(15)7-10(11)13(20)18-5-3-17(4-6-18)8-12(16)19/h1-2,7H,3-6,8H2,(H2,16,19). The minimum absolute atomic E-state index is 0.200. The number of hydrogen-bond acceptors (Lipinski definition) is 3. The third-order valence-corrected chi connectivity index (χ3v) is 3.89. The Morgan fingerprint density at radius 2 is 1.90 bits per heavy atom. The van der Waals surface area contributed by atoms with Crippen LogP contribution in [-0.4, -0.2) is 54.3 Å². The van der Waals surface area contributed by atoms with E-state index in [1.165, 1.54) is 18.2 Å². The molecule has 1 aromatic rings. The lowest BCUT2D eigenvalue weighted by Gasteiger charge is -2.34.